The number of benzene rings is 1. The maximum atomic E-state index is 6.21. The van der Waals surface area contributed by atoms with E-state index < -0.39 is 0 Å². The van der Waals surface area contributed by atoms with Gasteiger partial charge in [-0.15, -0.1) is 0 Å². The third kappa shape index (κ3) is 3.89. The fourth-order valence-corrected chi connectivity index (χ4v) is 2.66. The first-order valence-electron chi connectivity index (χ1n) is 7.59. The Morgan fingerprint density at radius 2 is 2.15 bits per heavy atom. The molecule has 3 nitrogen and oxygen atoms in total. The molecule has 3 heteroatoms. The number of ether oxygens (including phenoxy) is 2. The van der Waals surface area contributed by atoms with Crippen LogP contribution in [0.25, 0.3) is 0 Å². The second-order valence-corrected chi connectivity index (χ2v) is 6.76. The minimum absolute atomic E-state index is 0.0451. The molecule has 1 aliphatic rings. The van der Waals surface area contributed by atoms with Gasteiger partial charge in [-0.1, -0.05) is 19.9 Å². The second-order valence-electron chi connectivity index (χ2n) is 6.76. The van der Waals surface area contributed by atoms with E-state index in [0.29, 0.717) is 0 Å². The van der Waals surface area contributed by atoms with E-state index in [1.807, 2.05) is 18.2 Å². The molecule has 0 amide bonds. The van der Waals surface area contributed by atoms with Gasteiger partial charge in [-0.2, -0.15) is 0 Å². The van der Waals surface area contributed by atoms with Crippen LogP contribution in [0.3, 0.4) is 0 Å². The first-order chi connectivity index (χ1) is 9.37. The van der Waals surface area contributed by atoms with Gasteiger partial charge in [0.1, 0.15) is 17.1 Å². The first-order valence-corrected chi connectivity index (χ1v) is 7.59. The van der Waals surface area contributed by atoms with Crippen molar-refractivity contribution >= 4 is 0 Å². The molecule has 0 spiro atoms. The summed E-state index contributed by atoms with van der Waals surface area (Å²) in [5.74, 6) is 2.47. The van der Waals surface area contributed by atoms with Crippen molar-refractivity contribution in [3.8, 4) is 11.5 Å². The van der Waals surface area contributed by atoms with Crippen molar-refractivity contribution in [2.24, 2.45) is 11.7 Å². The summed E-state index contributed by atoms with van der Waals surface area (Å²) >= 11 is 0. The maximum absolute atomic E-state index is 6.21. The first kappa shape index (κ1) is 15.2. The zero-order valence-corrected chi connectivity index (χ0v) is 13.1. The summed E-state index contributed by atoms with van der Waals surface area (Å²) in [5.41, 5.74) is 7.08. The van der Waals surface area contributed by atoms with Crippen LogP contribution in [0, 0.1) is 5.92 Å². The van der Waals surface area contributed by atoms with Crippen LogP contribution in [-0.4, -0.2) is 12.2 Å². The summed E-state index contributed by atoms with van der Waals surface area (Å²) in [6.07, 6.45) is 3.12. The lowest BCUT2D eigenvalue weighted by atomic mass is 9.90. The summed E-state index contributed by atoms with van der Waals surface area (Å²) in [5, 5.41) is 0. The smallest absolute Gasteiger partial charge is 0.128 e. The zero-order chi connectivity index (χ0) is 14.8. The van der Waals surface area contributed by atoms with Crippen LogP contribution >= 0.6 is 0 Å². The average molecular weight is 277 g/mol. The van der Waals surface area contributed by atoms with E-state index in [1.54, 1.807) is 0 Å². The Balaban J connectivity index is 2.00. The topological polar surface area (TPSA) is 44.5 Å². The molecule has 2 rings (SSSR count). The standard InChI is InChI=1S/C17H27NO2/c1-12(2)6-5-9-19-13-7-8-14-15(18)11-17(3,4)20-16(14)10-13/h7-8,10,12,15H,5-6,9,11,18H2,1-4H3. The average Bonchev–Trinajstić information content (AvgIpc) is 2.32. The molecule has 0 aromatic heterocycles. The number of nitrogens with two attached hydrogens (primary N) is 1. The summed E-state index contributed by atoms with van der Waals surface area (Å²) < 4.78 is 11.8. The molecule has 0 aliphatic carbocycles. The van der Waals surface area contributed by atoms with Crippen molar-refractivity contribution in [3.05, 3.63) is 23.8 Å². The van der Waals surface area contributed by atoms with E-state index in [2.05, 4.69) is 27.7 Å². The molecule has 0 saturated heterocycles. The minimum Gasteiger partial charge on any atom is -0.493 e. The van der Waals surface area contributed by atoms with Gasteiger partial charge in [0.2, 0.25) is 0 Å². The Hall–Kier alpha value is -1.22. The van der Waals surface area contributed by atoms with Gasteiger partial charge in [-0.05, 0) is 38.7 Å². The fourth-order valence-electron chi connectivity index (χ4n) is 2.66. The minimum atomic E-state index is -0.206. The Morgan fingerprint density at radius 3 is 2.85 bits per heavy atom. The summed E-state index contributed by atoms with van der Waals surface area (Å²) in [7, 11) is 0. The number of hydrogen-bond acceptors (Lipinski definition) is 3. The highest BCUT2D eigenvalue weighted by Gasteiger charge is 2.31. The summed E-state index contributed by atoms with van der Waals surface area (Å²) in [6, 6.07) is 6.05. The molecule has 1 aromatic carbocycles. The highest BCUT2D eigenvalue weighted by molar-refractivity contribution is 5.44. The monoisotopic (exact) mass is 277 g/mol. The molecule has 0 saturated carbocycles. The number of rotatable bonds is 5. The van der Waals surface area contributed by atoms with E-state index in [0.717, 1.165) is 42.4 Å². The fraction of sp³-hybridized carbons (Fsp3) is 0.647. The Morgan fingerprint density at radius 1 is 1.40 bits per heavy atom. The van der Waals surface area contributed by atoms with E-state index in [-0.39, 0.29) is 11.6 Å². The highest BCUT2D eigenvalue weighted by Crippen LogP contribution is 2.39. The molecule has 112 valence electrons. The molecule has 2 N–H and O–H groups in total. The molecule has 1 unspecified atom stereocenters. The van der Waals surface area contributed by atoms with Crippen LogP contribution in [0.2, 0.25) is 0 Å². The summed E-state index contributed by atoms with van der Waals surface area (Å²) in [4.78, 5) is 0. The van der Waals surface area contributed by atoms with Gasteiger partial charge in [0.05, 0.1) is 6.61 Å². The molecule has 1 aromatic rings. The van der Waals surface area contributed by atoms with Crippen LogP contribution in [-0.2, 0) is 0 Å². The molecular formula is C17H27NO2. The van der Waals surface area contributed by atoms with Crippen LogP contribution in [0.1, 0.15) is 58.6 Å². The van der Waals surface area contributed by atoms with E-state index in [1.165, 1.54) is 6.42 Å². The van der Waals surface area contributed by atoms with Crippen LogP contribution < -0.4 is 15.2 Å². The Bertz CT molecular complexity index is 454. The van der Waals surface area contributed by atoms with E-state index >= 15 is 0 Å². The van der Waals surface area contributed by atoms with Crippen LogP contribution in [0.4, 0.5) is 0 Å². The van der Waals surface area contributed by atoms with Gasteiger partial charge in [0, 0.05) is 24.1 Å². The largest absolute Gasteiger partial charge is 0.493 e. The predicted octanol–water partition coefficient (Wildman–Crippen LogP) is 4.06. The lowest BCUT2D eigenvalue weighted by Crippen LogP contribution is -2.37. The van der Waals surface area contributed by atoms with Crippen molar-refractivity contribution < 1.29 is 9.47 Å². The predicted molar refractivity (Wildman–Crippen MR) is 82.3 cm³/mol. The summed E-state index contributed by atoms with van der Waals surface area (Å²) in [6.45, 7) is 9.37. The molecule has 1 aliphatic heterocycles. The van der Waals surface area contributed by atoms with Gasteiger partial charge in [-0.3, -0.25) is 0 Å². The maximum Gasteiger partial charge on any atom is 0.128 e. The number of hydrogen-bond donors (Lipinski definition) is 1. The van der Waals surface area contributed by atoms with Gasteiger partial charge >= 0.3 is 0 Å². The van der Waals surface area contributed by atoms with Crippen molar-refractivity contribution in [3.63, 3.8) is 0 Å². The lowest BCUT2D eigenvalue weighted by molar-refractivity contribution is 0.0724. The zero-order valence-electron chi connectivity index (χ0n) is 13.1. The molecule has 0 bridgehead atoms. The molecule has 0 fully saturated rings. The van der Waals surface area contributed by atoms with Crippen LogP contribution in [0.5, 0.6) is 11.5 Å². The molecular weight excluding hydrogens is 250 g/mol. The van der Waals surface area contributed by atoms with E-state index in [4.69, 9.17) is 15.2 Å². The Labute approximate surface area is 122 Å². The normalized spacial score (nSPS) is 20.4. The van der Waals surface area contributed by atoms with Gasteiger partial charge < -0.3 is 15.2 Å². The van der Waals surface area contributed by atoms with Gasteiger partial charge in [-0.25, -0.2) is 0 Å². The molecule has 0 radical (unpaired) electrons. The quantitative estimate of drug-likeness (QED) is 0.825. The van der Waals surface area contributed by atoms with E-state index in [9.17, 15) is 0 Å². The van der Waals surface area contributed by atoms with Crippen molar-refractivity contribution in [1.29, 1.82) is 0 Å². The number of fused-ring (bicyclic) bond motifs is 1. The Kier molecular flexibility index (Phi) is 4.59. The van der Waals surface area contributed by atoms with Crippen molar-refractivity contribution in [1.82, 2.24) is 0 Å². The SMILES string of the molecule is CC(C)CCCOc1ccc2c(c1)OC(C)(C)CC2N. The molecule has 20 heavy (non-hydrogen) atoms. The third-order valence-corrected chi connectivity index (χ3v) is 3.68. The third-order valence-electron chi connectivity index (χ3n) is 3.68. The van der Waals surface area contributed by atoms with Crippen molar-refractivity contribution in [2.45, 2.75) is 58.6 Å². The van der Waals surface area contributed by atoms with Crippen molar-refractivity contribution in [2.75, 3.05) is 6.61 Å². The molecule has 1 atom stereocenters. The molecule has 1 heterocycles. The van der Waals surface area contributed by atoms with Gasteiger partial charge in [0.25, 0.3) is 0 Å². The van der Waals surface area contributed by atoms with Crippen LogP contribution in [0.15, 0.2) is 18.2 Å². The lowest BCUT2D eigenvalue weighted by Gasteiger charge is -2.36. The van der Waals surface area contributed by atoms with Gasteiger partial charge in [0.15, 0.2) is 0 Å². The second kappa shape index (κ2) is 6.04. The highest BCUT2D eigenvalue weighted by atomic mass is 16.5.